The van der Waals surface area contributed by atoms with Crippen molar-refractivity contribution in [2.24, 2.45) is 0 Å². The average molecular weight is 296 g/mol. The summed E-state index contributed by atoms with van der Waals surface area (Å²) in [6, 6.07) is 4.76. The minimum absolute atomic E-state index is 0.198. The van der Waals surface area contributed by atoms with Crippen LogP contribution in [0.25, 0.3) is 0 Å². The molecule has 2 aromatic rings. The molecule has 4 nitrogen and oxygen atoms in total. The molecule has 1 aromatic heterocycles. The predicted octanol–water partition coefficient (Wildman–Crippen LogP) is 2.43. The first-order valence-corrected chi connectivity index (χ1v) is 8.20. The number of rotatable bonds is 4. The number of anilines is 1. The van der Waals surface area contributed by atoms with Gasteiger partial charge in [0.1, 0.15) is 0 Å². The largest absolute Gasteiger partial charge is 0.398 e. The maximum Gasteiger partial charge on any atom is 0.240 e. The highest BCUT2D eigenvalue weighted by molar-refractivity contribution is 7.89. The zero-order valence-electron chi connectivity index (χ0n) is 10.8. The highest BCUT2D eigenvalue weighted by atomic mass is 32.2. The fourth-order valence-electron chi connectivity index (χ4n) is 1.61. The molecule has 3 N–H and O–H groups in total. The lowest BCUT2D eigenvalue weighted by Crippen LogP contribution is -2.23. The van der Waals surface area contributed by atoms with Gasteiger partial charge in [0.15, 0.2) is 0 Å². The zero-order chi connectivity index (χ0) is 14.0. The smallest absolute Gasteiger partial charge is 0.240 e. The minimum Gasteiger partial charge on any atom is -0.398 e. The van der Waals surface area contributed by atoms with Gasteiger partial charge < -0.3 is 5.73 Å². The van der Waals surface area contributed by atoms with Crippen LogP contribution in [0.3, 0.4) is 0 Å². The molecule has 1 aromatic carbocycles. The van der Waals surface area contributed by atoms with E-state index < -0.39 is 10.0 Å². The zero-order valence-corrected chi connectivity index (χ0v) is 12.4. The molecule has 19 heavy (non-hydrogen) atoms. The monoisotopic (exact) mass is 296 g/mol. The third kappa shape index (κ3) is 3.15. The maximum atomic E-state index is 12.1. The lowest BCUT2D eigenvalue weighted by molar-refractivity contribution is 0.581. The lowest BCUT2D eigenvalue weighted by atomic mass is 10.2. The van der Waals surface area contributed by atoms with Crippen LogP contribution in [0.2, 0.25) is 0 Å². The van der Waals surface area contributed by atoms with E-state index in [1.807, 2.05) is 24.6 Å². The molecule has 0 amide bonds. The van der Waals surface area contributed by atoms with Crippen molar-refractivity contribution in [3.63, 3.8) is 0 Å². The Bertz CT molecular complexity index is 690. The van der Waals surface area contributed by atoms with Crippen molar-refractivity contribution in [3.8, 4) is 0 Å². The Morgan fingerprint density at radius 3 is 2.53 bits per heavy atom. The number of benzene rings is 1. The van der Waals surface area contributed by atoms with E-state index in [4.69, 9.17) is 5.73 Å². The Morgan fingerprint density at radius 2 is 1.95 bits per heavy atom. The first-order valence-electron chi connectivity index (χ1n) is 5.77. The molecule has 0 radical (unpaired) electrons. The third-order valence-corrected chi connectivity index (χ3v) is 5.28. The van der Waals surface area contributed by atoms with Crippen LogP contribution < -0.4 is 10.5 Å². The Balaban J connectivity index is 2.18. The Kier molecular flexibility index (Phi) is 3.93. The van der Waals surface area contributed by atoms with Crippen molar-refractivity contribution >= 4 is 27.0 Å². The van der Waals surface area contributed by atoms with Gasteiger partial charge in [-0.15, -0.1) is 0 Å². The van der Waals surface area contributed by atoms with Gasteiger partial charge in [0.25, 0.3) is 0 Å². The second-order valence-corrected chi connectivity index (χ2v) is 6.93. The number of hydrogen-bond donors (Lipinski definition) is 2. The van der Waals surface area contributed by atoms with Crippen molar-refractivity contribution < 1.29 is 8.42 Å². The molecule has 0 saturated heterocycles. The van der Waals surface area contributed by atoms with E-state index in [1.54, 1.807) is 23.5 Å². The first-order chi connectivity index (χ1) is 8.90. The standard InChI is InChI=1S/C13H16N2O2S2/c1-9-3-4-12(5-13(9)14)19(16,17)15-6-11-8-18-7-10(11)2/h3-5,7-8,15H,6,14H2,1-2H3. The van der Waals surface area contributed by atoms with E-state index in [0.29, 0.717) is 12.2 Å². The number of nitrogen functional groups attached to an aromatic ring is 1. The summed E-state index contributed by atoms with van der Waals surface area (Å²) in [5.41, 5.74) is 9.18. The van der Waals surface area contributed by atoms with Crippen LogP contribution in [0.5, 0.6) is 0 Å². The molecule has 0 saturated carbocycles. The fourth-order valence-corrected chi connectivity index (χ4v) is 3.51. The number of hydrogen-bond acceptors (Lipinski definition) is 4. The van der Waals surface area contributed by atoms with Crippen molar-refractivity contribution in [2.45, 2.75) is 25.3 Å². The summed E-state index contributed by atoms with van der Waals surface area (Å²) in [4.78, 5) is 0.198. The normalized spacial score (nSPS) is 11.7. The highest BCUT2D eigenvalue weighted by Crippen LogP contribution is 2.18. The molecule has 1 heterocycles. The Labute approximate surface area is 117 Å². The molecule has 0 unspecified atom stereocenters. The van der Waals surface area contributed by atoms with Crippen molar-refractivity contribution in [1.82, 2.24) is 4.72 Å². The number of nitrogens with one attached hydrogen (secondary N) is 1. The van der Waals surface area contributed by atoms with E-state index in [1.165, 1.54) is 6.07 Å². The van der Waals surface area contributed by atoms with Crippen LogP contribution in [0.4, 0.5) is 5.69 Å². The molecular weight excluding hydrogens is 280 g/mol. The fraction of sp³-hybridized carbons (Fsp3) is 0.231. The van der Waals surface area contributed by atoms with E-state index >= 15 is 0 Å². The van der Waals surface area contributed by atoms with Crippen molar-refractivity contribution in [3.05, 3.63) is 45.6 Å². The van der Waals surface area contributed by atoms with Gasteiger partial charge in [0.2, 0.25) is 10.0 Å². The van der Waals surface area contributed by atoms with E-state index in [9.17, 15) is 8.42 Å². The van der Waals surface area contributed by atoms with Gasteiger partial charge in [-0.05, 0) is 53.4 Å². The molecule has 0 spiro atoms. The Morgan fingerprint density at radius 1 is 1.21 bits per heavy atom. The van der Waals surface area contributed by atoms with Gasteiger partial charge in [-0.3, -0.25) is 0 Å². The topological polar surface area (TPSA) is 72.2 Å². The van der Waals surface area contributed by atoms with Gasteiger partial charge in [0, 0.05) is 12.2 Å². The minimum atomic E-state index is -3.52. The second-order valence-electron chi connectivity index (χ2n) is 4.42. The molecule has 6 heteroatoms. The number of thiophene rings is 1. The molecule has 0 aliphatic heterocycles. The van der Waals surface area contributed by atoms with Crippen LogP contribution in [-0.4, -0.2) is 8.42 Å². The van der Waals surface area contributed by atoms with Gasteiger partial charge in [-0.2, -0.15) is 11.3 Å². The molecule has 2 rings (SSSR count). The van der Waals surface area contributed by atoms with E-state index in [0.717, 1.165) is 16.7 Å². The number of sulfonamides is 1. The Hall–Kier alpha value is -1.37. The highest BCUT2D eigenvalue weighted by Gasteiger charge is 2.15. The first kappa shape index (κ1) is 14.0. The summed E-state index contributed by atoms with van der Waals surface area (Å²) in [6.07, 6.45) is 0. The van der Waals surface area contributed by atoms with E-state index in [2.05, 4.69) is 4.72 Å². The van der Waals surface area contributed by atoms with Crippen LogP contribution >= 0.6 is 11.3 Å². The van der Waals surface area contributed by atoms with Crippen molar-refractivity contribution in [1.29, 1.82) is 0 Å². The summed E-state index contributed by atoms with van der Waals surface area (Å²) in [7, 11) is -3.52. The third-order valence-electron chi connectivity index (χ3n) is 2.98. The summed E-state index contributed by atoms with van der Waals surface area (Å²) in [5, 5.41) is 3.94. The molecule has 0 fully saturated rings. The summed E-state index contributed by atoms with van der Waals surface area (Å²) in [6.45, 7) is 4.10. The summed E-state index contributed by atoms with van der Waals surface area (Å²) < 4.78 is 26.9. The molecule has 0 atom stereocenters. The SMILES string of the molecule is Cc1ccc(S(=O)(=O)NCc2cscc2C)cc1N. The molecule has 0 aliphatic carbocycles. The molecular formula is C13H16N2O2S2. The van der Waals surface area contributed by atoms with Gasteiger partial charge >= 0.3 is 0 Å². The van der Waals surface area contributed by atoms with Crippen LogP contribution in [-0.2, 0) is 16.6 Å². The molecule has 0 aliphatic rings. The maximum absolute atomic E-state index is 12.1. The number of nitrogens with two attached hydrogens (primary N) is 1. The van der Waals surface area contributed by atoms with E-state index in [-0.39, 0.29) is 4.90 Å². The second kappa shape index (κ2) is 5.32. The van der Waals surface area contributed by atoms with Gasteiger partial charge in [-0.25, -0.2) is 13.1 Å². The lowest BCUT2D eigenvalue weighted by Gasteiger charge is -2.08. The van der Waals surface area contributed by atoms with Gasteiger partial charge in [-0.1, -0.05) is 6.07 Å². The van der Waals surface area contributed by atoms with Gasteiger partial charge in [0.05, 0.1) is 4.90 Å². The quantitative estimate of drug-likeness (QED) is 0.851. The summed E-state index contributed by atoms with van der Waals surface area (Å²) >= 11 is 1.56. The predicted molar refractivity (Wildman–Crippen MR) is 78.7 cm³/mol. The average Bonchev–Trinajstić information content (AvgIpc) is 2.76. The van der Waals surface area contributed by atoms with Crippen LogP contribution in [0.15, 0.2) is 33.9 Å². The number of aryl methyl sites for hydroxylation is 2. The van der Waals surface area contributed by atoms with Crippen LogP contribution in [0, 0.1) is 13.8 Å². The van der Waals surface area contributed by atoms with Crippen molar-refractivity contribution in [2.75, 3.05) is 5.73 Å². The summed E-state index contributed by atoms with van der Waals surface area (Å²) in [5.74, 6) is 0. The molecule has 0 bridgehead atoms. The van der Waals surface area contributed by atoms with Crippen LogP contribution in [0.1, 0.15) is 16.7 Å². The molecule has 102 valence electrons.